The van der Waals surface area contributed by atoms with Crippen LogP contribution in [0.15, 0.2) is 35.9 Å². The van der Waals surface area contributed by atoms with E-state index in [9.17, 15) is 19.2 Å². The lowest BCUT2D eigenvalue weighted by atomic mass is 9.94. The van der Waals surface area contributed by atoms with E-state index >= 15 is 0 Å². The third-order valence-electron chi connectivity index (χ3n) is 8.10. The van der Waals surface area contributed by atoms with E-state index in [1.54, 1.807) is 33.2 Å². The molecule has 0 spiro atoms. The number of nitrogens with one attached hydrogen (secondary N) is 4. The Morgan fingerprint density at radius 3 is 2.26 bits per heavy atom. The fraction of sp³-hybridized carbons (Fsp3) is 0.613. The first-order chi connectivity index (χ1) is 20.7. The Hall–Kier alpha value is -3.32. The Bertz CT molecular complexity index is 1160. The molecule has 3 aliphatic rings. The number of hydrogen-bond donors (Lipinski definition) is 4. The normalized spacial score (nSPS) is 22.1. The molecule has 0 radical (unpaired) electrons. The molecule has 236 valence electrons. The van der Waals surface area contributed by atoms with Gasteiger partial charge in [-0.2, -0.15) is 0 Å². The smallest absolute Gasteiger partial charge is 0.244 e. The van der Waals surface area contributed by atoms with Crippen LogP contribution in [-0.2, 0) is 35.1 Å². The monoisotopic (exact) mass is 599 g/mol. The van der Waals surface area contributed by atoms with Crippen LogP contribution in [0.2, 0.25) is 0 Å². The number of ketones is 1. The highest BCUT2D eigenvalue weighted by Crippen LogP contribution is 2.31. The van der Waals surface area contributed by atoms with Crippen molar-refractivity contribution in [2.75, 3.05) is 60.2 Å². The zero-order valence-electron chi connectivity index (χ0n) is 25.4. The van der Waals surface area contributed by atoms with Crippen molar-refractivity contribution >= 4 is 23.5 Å². The lowest BCUT2D eigenvalue weighted by Gasteiger charge is -2.28. The van der Waals surface area contributed by atoms with Crippen LogP contribution in [0.1, 0.15) is 38.2 Å². The molecular weight excluding hydrogens is 554 g/mol. The number of benzene rings is 1. The Morgan fingerprint density at radius 2 is 1.65 bits per heavy atom. The number of morpholine rings is 1. The zero-order valence-corrected chi connectivity index (χ0v) is 25.4. The van der Waals surface area contributed by atoms with Crippen molar-refractivity contribution in [3.8, 4) is 5.75 Å². The number of methoxy groups -OCH3 is 1. The van der Waals surface area contributed by atoms with Crippen molar-refractivity contribution in [1.82, 2.24) is 26.2 Å². The summed E-state index contributed by atoms with van der Waals surface area (Å²) in [4.78, 5) is 55.5. The van der Waals surface area contributed by atoms with Crippen molar-refractivity contribution < 1.29 is 33.4 Å². The number of ether oxygens (including phenoxy) is 3. The molecule has 0 bridgehead atoms. The van der Waals surface area contributed by atoms with Gasteiger partial charge < -0.3 is 35.5 Å². The molecule has 12 nitrogen and oxygen atoms in total. The van der Waals surface area contributed by atoms with Crippen LogP contribution in [0.5, 0.6) is 5.75 Å². The van der Waals surface area contributed by atoms with E-state index in [0.29, 0.717) is 45.1 Å². The van der Waals surface area contributed by atoms with Crippen LogP contribution < -0.4 is 26.0 Å². The summed E-state index contributed by atoms with van der Waals surface area (Å²) in [6, 6.07) is 4.53. The van der Waals surface area contributed by atoms with Gasteiger partial charge in [0.1, 0.15) is 23.4 Å². The summed E-state index contributed by atoms with van der Waals surface area (Å²) in [6.45, 7) is 4.76. The summed E-state index contributed by atoms with van der Waals surface area (Å²) in [7, 11) is 3.26. The van der Waals surface area contributed by atoms with E-state index in [4.69, 9.17) is 14.2 Å². The second kappa shape index (κ2) is 15.4. The number of Topliss-reactive ketones (excluding diaryl/α,β-unsaturated/α-hetero) is 1. The van der Waals surface area contributed by atoms with Gasteiger partial charge in [-0.1, -0.05) is 23.8 Å². The Kier molecular flexibility index (Phi) is 11.7. The van der Waals surface area contributed by atoms with Crippen molar-refractivity contribution in [3.05, 3.63) is 41.5 Å². The largest absolute Gasteiger partial charge is 0.497 e. The van der Waals surface area contributed by atoms with Gasteiger partial charge in [0.05, 0.1) is 39.5 Å². The summed E-state index contributed by atoms with van der Waals surface area (Å²) in [5, 5.41) is 11.5. The Labute approximate surface area is 253 Å². The maximum atomic E-state index is 13.8. The molecule has 12 heteroatoms. The van der Waals surface area contributed by atoms with Crippen LogP contribution in [0.4, 0.5) is 0 Å². The minimum Gasteiger partial charge on any atom is -0.497 e. The molecule has 0 unspecified atom stereocenters. The number of epoxide rings is 1. The second-order valence-electron chi connectivity index (χ2n) is 11.6. The average Bonchev–Trinajstić information content (AvgIpc) is 3.54. The minimum atomic E-state index is -1.00. The molecule has 2 aliphatic heterocycles. The van der Waals surface area contributed by atoms with Crippen LogP contribution in [0, 0.1) is 0 Å². The quantitative estimate of drug-likeness (QED) is 0.153. The number of allylic oxidation sites excluding steroid dienone is 1. The van der Waals surface area contributed by atoms with Gasteiger partial charge in [-0.3, -0.25) is 24.1 Å². The number of carbonyl (C=O) groups is 4. The van der Waals surface area contributed by atoms with Crippen molar-refractivity contribution in [3.63, 3.8) is 0 Å². The first kappa shape index (κ1) is 32.6. The molecule has 4 atom stereocenters. The molecule has 2 fully saturated rings. The van der Waals surface area contributed by atoms with E-state index in [1.165, 1.54) is 0 Å². The number of nitrogens with zero attached hydrogens (tertiary/aromatic N) is 1. The van der Waals surface area contributed by atoms with Gasteiger partial charge in [-0.05, 0) is 57.4 Å². The van der Waals surface area contributed by atoms with Gasteiger partial charge in [0.25, 0.3) is 0 Å². The zero-order chi connectivity index (χ0) is 30.8. The predicted molar refractivity (Wildman–Crippen MR) is 160 cm³/mol. The van der Waals surface area contributed by atoms with E-state index in [-0.39, 0.29) is 31.2 Å². The van der Waals surface area contributed by atoms with Crippen LogP contribution >= 0.6 is 0 Å². The van der Waals surface area contributed by atoms with Gasteiger partial charge in [0.2, 0.25) is 17.7 Å². The van der Waals surface area contributed by atoms with Gasteiger partial charge in [0, 0.05) is 26.1 Å². The maximum Gasteiger partial charge on any atom is 0.244 e. The van der Waals surface area contributed by atoms with Crippen molar-refractivity contribution in [2.45, 2.75) is 62.8 Å². The number of hydrogen-bond acceptors (Lipinski definition) is 9. The van der Waals surface area contributed by atoms with Gasteiger partial charge in [0.15, 0.2) is 5.78 Å². The molecule has 0 aromatic heterocycles. The number of likely N-dealkylation sites (N-methyl/N-ethyl adjacent to an activating group) is 1. The predicted octanol–water partition coefficient (Wildman–Crippen LogP) is 0.102. The van der Waals surface area contributed by atoms with E-state index in [2.05, 4.69) is 27.3 Å². The van der Waals surface area contributed by atoms with E-state index in [1.807, 2.05) is 17.0 Å². The highest BCUT2D eigenvalue weighted by atomic mass is 16.6. The molecular formula is C31H45N5O7. The van der Waals surface area contributed by atoms with Gasteiger partial charge in [-0.15, -0.1) is 0 Å². The summed E-state index contributed by atoms with van der Waals surface area (Å²) in [5.74, 6) is -0.780. The Balaban J connectivity index is 1.48. The molecule has 3 amide bonds. The topological polar surface area (TPSA) is 151 Å². The van der Waals surface area contributed by atoms with Crippen molar-refractivity contribution in [2.24, 2.45) is 0 Å². The lowest BCUT2D eigenvalue weighted by molar-refractivity contribution is -0.134. The molecule has 1 aliphatic carbocycles. The highest BCUT2D eigenvalue weighted by Gasteiger charge is 2.50. The van der Waals surface area contributed by atoms with Gasteiger partial charge in [-0.25, -0.2) is 0 Å². The molecule has 4 rings (SSSR count). The highest BCUT2D eigenvalue weighted by molar-refractivity contribution is 5.98. The fourth-order valence-corrected chi connectivity index (χ4v) is 5.38. The van der Waals surface area contributed by atoms with E-state index in [0.717, 1.165) is 30.4 Å². The summed E-state index contributed by atoms with van der Waals surface area (Å²) in [6.07, 6.45) is 5.58. The van der Waals surface area contributed by atoms with E-state index < -0.39 is 35.5 Å². The summed E-state index contributed by atoms with van der Waals surface area (Å²) >= 11 is 0. The van der Waals surface area contributed by atoms with Crippen LogP contribution in [-0.4, -0.2) is 112 Å². The Morgan fingerprint density at radius 1 is 0.977 bits per heavy atom. The summed E-state index contributed by atoms with van der Waals surface area (Å²) < 4.78 is 16.0. The number of rotatable bonds is 16. The van der Waals surface area contributed by atoms with Crippen LogP contribution in [0.3, 0.4) is 0 Å². The maximum absolute atomic E-state index is 13.8. The first-order valence-electron chi connectivity index (χ1n) is 15.0. The number of amides is 3. The van der Waals surface area contributed by atoms with Crippen molar-refractivity contribution in [1.29, 1.82) is 0 Å². The molecule has 43 heavy (non-hydrogen) atoms. The standard InChI is InChI=1S/C31H45N5O7/c1-31(20-43-31)28(38)24(16-21-6-4-5-7-21)34-29(39)25(17-22-8-10-23(41-3)11-9-22)35-30(40)26(18-32-2)33-27(37)19-36-12-14-42-15-13-36/h6,8-11,24-26,32H,4-5,7,12-20H2,1-3H3,(H,33,37)(H,34,39)(H,35,40)/t24-,25-,26-,31+/m0/s1. The number of carbonyl (C=O) groups excluding carboxylic acids is 4. The lowest BCUT2D eigenvalue weighted by Crippen LogP contribution is -2.59. The minimum absolute atomic E-state index is 0.146. The first-order valence-corrected chi connectivity index (χ1v) is 15.0. The molecule has 0 saturated carbocycles. The molecule has 1 aromatic carbocycles. The molecule has 1 aromatic rings. The second-order valence-corrected chi connectivity index (χ2v) is 11.6. The van der Waals surface area contributed by atoms with Crippen LogP contribution in [0.25, 0.3) is 0 Å². The molecule has 2 heterocycles. The molecule has 2 saturated heterocycles. The third kappa shape index (κ3) is 9.59. The van der Waals surface area contributed by atoms with Gasteiger partial charge >= 0.3 is 0 Å². The third-order valence-corrected chi connectivity index (χ3v) is 8.10. The SMILES string of the molecule is CNC[C@H](NC(=O)CN1CCOCC1)C(=O)N[C@@H](Cc1ccc(OC)cc1)C(=O)N[C@@H](CC1=CCCC1)C(=O)[C@@]1(C)CO1. The fourth-order valence-electron chi connectivity index (χ4n) is 5.38. The molecule has 4 N–H and O–H groups in total. The average molecular weight is 600 g/mol. The summed E-state index contributed by atoms with van der Waals surface area (Å²) in [5.41, 5.74) is 1.02.